The zero-order valence-electron chi connectivity index (χ0n) is 24.0. The summed E-state index contributed by atoms with van der Waals surface area (Å²) in [6.45, 7) is 3.20. The fraction of sp³-hybridized carbons (Fsp3) is 0.294. The quantitative estimate of drug-likeness (QED) is 0.166. The van der Waals surface area contributed by atoms with E-state index in [0.29, 0.717) is 0 Å². The topological polar surface area (TPSA) is 46.4 Å². The first kappa shape index (κ1) is 36.4. The zero-order chi connectivity index (χ0) is 29.4. The van der Waals surface area contributed by atoms with Crippen LogP contribution in [0.25, 0.3) is 0 Å². The van der Waals surface area contributed by atoms with Crippen molar-refractivity contribution in [2.45, 2.75) is 25.7 Å². The fourth-order valence-corrected chi connectivity index (χ4v) is 8.21. The minimum Gasteiger partial charge on any atom is -0.381 e. The van der Waals surface area contributed by atoms with Crippen molar-refractivity contribution in [3.8, 4) is 0 Å². The molecule has 0 aromatic heterocycles. The monoisotopic (exact) mass is 738 g/mol. The van der Waals surface area contributed by atoms with Crippen LogP contribution in [-0.2, 0) is 9.47 Å². The van der Waals surface area contributed by atoms with Gasteiger partial charge in [-0.15, -0.1) is 0 Å². The van der Waals surface area contributed by atoms with Gasteiger partial charge in [0.2, 0.25) is 0 Å². The molecule has 43 heavy (non-hydrogen) atoms. The van der Waals surface area contributed by atoms with E-state index in [-0.39, 0.29) is 64.0 Å². The average molecular weight is 738 g/mol. The Morgan fingerprint density at radius 1 is 0.442 bits per heavy atom. The van der Waals surface area contributed by atoms with Gasteiger partial charge in [-0.3, -0.25) is 9.49 Å². The molecular weight excluding hydrogens is 689 g/mol. The van der Waals surface area contributed by atoms with E-state index in [1.165, 1.54) is 46.9 Å². The SMILES string of the molecule is C1CCOC1.C1CCOC1.[BH3-]P(=[NH+]CC[NH+]=P([BH3-])(c1ccccc1)c1ccccc1)(c1ccccc1)c1ccccc1.[Ba+2]. The Morgan fingerprint density at radius 3 is 0.860 bits per heavy atom. The van der Waals surface area contributed by atoms with Crippen molar-refractivity contribution in [1.29, 1.82) is 0 Å². The number of hydrogen-bond donors (Lipinski definition) is 2. The van der Waals surface area contributed by atoms with E-state index in [2.05, 4.69) is 131 Å². The summed E-state index contributed by atoms with van der Waals surface area (Å²) in [5.41, 5.74) is 0. The van der Waals surface area contributed by atoms with E-state index in [4.69, 9.17) is 9.47 Å². The molecule has 9 heteroatoms. The molecule has 0 aliphatic carbocycles. The third kappa shape index (κ3) is 11.4. The van der Waals surface area contributed by atoms with Crippen LogP contribution in [0.3, 0.4) is 0 Å². The van der Waals surface area contributed by atoms with Gasteiger partial charge in [0.1, 0.15) is 0 Å². The molecule has 222 valence electrons. The number of rotatable bonds is 7. The van der Waals surface area contributed by atoms with Gasteiger partial charge in [0.05, 0.1) is 15.1 Å². The number of ether oxygens (including phenoxy) is 2. The van der Waals surface area contributed by atoms with E-state index >= 15 is 0 Å². The summed E-state index contributed by atoms with van der Waals surface area (Å²) in [7, 11) is 0.105. The van der Waals surface area contributed by atoms with Crippen LogP contribution >= 0.6 is 13.9 Å². The van der Waals surface area contributed by atoms with Crippen molar-refractivity contribution in [2.75, 3.05) is 39.5 Å². The van der Waals surface area contributed by atoms with E-state index in [0.717, 1.165) is 39.5 Å². The second-order valence-electron chi connectivity index (χ2n) is 9.47. The molecule has 0 spiro atoms. The van der Waals surface area contributed by atoms with Crippen molar-refractivity contribution in [3.63, 3.8) is 0 Å². The second-order valence-corrected chi connectivity index (χ2v) is 13.5. The summed E-state index contributed by atoms with van der Waals surface area (Å²) in [6.07, 6.45) is 5.11. The van der Waals surface area contributed by atoms with Crippen LogP contribution < -0.4 is 30.7 Å². The van der Waals surface area contributed by atoms with Gasteiger partial charge in [-0.05, 0) is 60.8 Å². The van der Waals surface area contributed by atoms with Crippen LogP contribution in [0, 0.1) is 0 Å². The van der Waals surface area contributed by atoms with Gasteiger partial charge in [-0.25, -0.2) is 0 Å². The summed E-state index contributed by atoms with van der Waals surface area (Å²) >= 11 is 0. The number of hydrogen-bond acceptors (Lipinski definition) is 2. The summed E-state index contributed by atoms with van der Waals surface area (Å²) in [5.74, 6) is 0. The Kier molecular flexibility index (Phi) is 17.1. The largest absolute Gasteiger partial charge is 2.00 e. The van der Waals surface area contributed by atoms with E-state index < -0.39 is 13.9 Å². The Labute approximate surface area is 301 Å². The standard InChI is InChI=1S/C26H30B2N2P2.2C4H8O.Ba/c27-31(23-13-5-1-6-14-23,24-15-7-2-8-16-24)29-21-22-30-32(28,25-17-9-3-10-18-25)26-19-11-4-12-20-26;2*1-2-4-5-3-1;/h1-20H,21-22H2,27-28H3;2*1-4H2;/q-2;;;+2/p+2. The molecule has 2 N–H and O–H groups in total. The summed E-state index contributed by atoms with van der Waals surface area (Å²) in [4.78, 5) is 0. The van der Waals surface area contributed by atoms with Gasteiger partial charge in [-0.2, -0.15) is 0 Å². The van der Waals surface area contributed by atoms with Crippen LogP contribution in [0.2, 0.25) is 0 Å². The summed E-state index contributed by atoms with van der Waals surface area (Å²) < 4.78 is 18.1. The van der Waals surface area contributed by atoms with Crippen molar-refractivity contribution in [3.05, 3.63) is 121 Å². The third-order valence-electron chi connectivity index (χ3n) is 6.38. The van der Waals surface area contributed by atoms with Crippen LogP contribution in [-0.4, -0.2) is 104 Å². The first-order valence-corrected chi connectivity index (χ1v) is 17.0. The van der Waals surface area contributed by atoms with Crippen LogP contribution in [0.4, 0.5) is 0 Å². The maximum absolute atomic E-state index is 4.94. The van der Waals surface area contributed by atoms with Crippen LogP contribution in [0.15, 0.2) is 121 Å². The molecule has 4 nitrogen and oxygen atoms in total. The van der Waals surface area contributed by atoms with E-state index in [1.54, 1.807) is 0 Å². The molecule has 0 amide bonds. The van der Waals surface area contributed by atoms with Gasteiger partial charge in [-0.1, -0.05) is 121 Å². The molecular formula is C34H48B2BaN2O2P2+2. The first-order valence-electron chi connectivity index (χ1n) is 14.3. The van der Waals surface area contributed by atoms with E-state index in [1.807, 2.05) is 0 Å². The van der Waals surface area contributed by atoms with Gasteiger partial charge >= 0.3 is 48.9 Å². The first-order chi connectivity index (χ1) is 20.6. The van der Waals surface area contributed by atoms with Crippen molar-refractivity contribution >= 4 is 99.1 Å². The Balaban J connectivity index is 0.000000388. The summed E-state index contributed by atoms with van der Waals surface area (Å²) in [5, 5.41) is 6.04. The molecule has 2 aliphatic heterocycles. The molecule has 0 saturated carbocycles. The summed E-state index contributed by atoms with van der Waals surface area (Å²) in [6, 6.07) is 44.7. The van der Waals surface area contributed by atoms with Gasteiger partial charge in [0.25, 0.3) is 0 Å². The molecule has 2 aliphatic rings. The maximum atomic E-state index is 4.94. The maximum Gasteiger partial charge on any atom is 2.00 e. The molecule has 0 bridgehead atoms. The van der Waals surface area contributed by atoms with Gasteiger partial charge in [0, 0.05) is 26.4 Å². The number of nitrogens with one attached hydrogen (secondary N) is 2. The van der Waals surface area contributed by atoms with Gasteiger partial charge < -0.3 is 9.47 Å². The molecule has 2 fully saturated rings. The molecule has 2 heterocycles. The normalized spacial score (nSPS) is 14.3. The second kappa shape index (κ2) is 20.2. The van der Waals surface area contributed by atoms with Crippen molar-refractivity contribution < 1.29 is 19.0 Å². The molecule has 0 atom stereocenters. The molecule has 0 radical (unpaired) electrons. The minimum atomic E-state index is -1.41. The zero-order valence-corrected chi connectivity index (χ0v) is 30.3. The molecule has 2 saturated heterocycles. The van der Waals surface area contributed by atoms with Crippen molar-refractivity contribution in [1.82, 2.24) is 0 Å². The predicted octanol–water partition coefficient (Wildman–Crippen LogP) is 0.626. The Bertz CT molecular complexity index is 1210. The van der Waals surface area contributed by atoms with E-state index in [9.17, 15) is 0 Å². The van der Waals surface area contributed by atoms with Crippen LogP contribution in [0.1, 0.15) is 25.7 Å². The predicted molar refractivity (Wildman–Crippen MR) is 196 cm³/mol. The molecule has 0 unspecified atom stereocenters. The van der Waals surface area contributed by atoms with Crippen LogP contribution in [0.5, 0.6) is 0 Å². The average Bonchev–Trinajstić information content (AvgIpc) is 3.85. The van der Waals surface area contributed by atoms with Gasteiger partial charge in [0.15, 0.2) is 13.1 Å². The Morgan fingerprint density at radius 2 is 0.674 bits per heavy atom. The minimum absolute atomic E-state index is 0. The third-order valence-corrected chi connectivity index (χ3v) is 10.7. The Hall–Kier alpha value is -1.04. The number of benzene rings is 4. The molecule has 6 rings (SSSR count). The van der Waals surface area contributed by atoms with Crippen molar-refractivity contribution in [2.24, 2.45) is 0 Å². The fourth-order valence-electron chi connectivity index (χ4n) is 4.33. The smallest absolute Gasteiger partial charge is 0.381 e. The molecule has 4 aromatic carbocycles. The molecule has 4 aromatic rings.